The number of rotatable bonds is 4. The molecule has 6 heteroatoms. The van der Waals surface area contributed by atoms with Crippen molar-refractivity contribution in [1.82, 2.24) is 0 Å². The lowest BCUT2D eigenvalue weighted by molar-refractivity contribution is 0.259. The Balaban J connectivity index is 1.86. The summed E-state index contributed by atoms with van der Waals surface area (Å²) in [7, 11) is 3.21. The average molecular weight is 339 g/mol. The van der Waals surface area contributed by atoms with E-state index in [1.165, 1.54) is 0 Å². The molecule has 1 aliphatic rings. The predicted octanol–water partition coefficient (Wildman–Crippen LogP) is 3.93. The van der Waals surface area contributed by atoms with Gasteiger partial charge in [-0.05, 0) is 42.8 Å². The van der Waals surface area contributed by atoms with Crippen LogP contribution in [0.25, 0.3) is 0 Å². The standard InChI is InChI=1S/C19H21N3O3/c1-24-16-10-8-15(9-11-16)22(18-7-4-12-20-18)19(23)21-14-5-3-6-17(13-14)25-2/h3,5-6,8-11,13H,4,7,12H2,1-2H3,(H,21,23). The Morgan fingerprint density at radius 1 is 1.08 bits per heavy atom. The molecule has 0 fully saturated rings. The van der Waals surface area contributed by atoms with Gasteiger partial charge in [0.15, 0.2) is 0 Å². The van der Waals surface area contributed by atoms with Crippen molar-refractivity contribution in [3.05, 3.63) is 48.5 Å². The van der Waals surface area contributed by atoms with E-state index in [0.29, 0.717) is 11.4 Å². The first-order valence-corrected chi connectivity index (χ1v) is 8.14. The van der Waals surface area contributed by atoms with Gasteiger partial charge in [-0.3, -0.25) is 9.89 Å². The molecule has 0 aromatic heterocycles. The highest BCUT2D eigenvalue weighted by molar-refractivity contribution is 6.20. The van der Waals surface area contributed by atoms with E-state index in [0.717, 1.165) is 36.7 Å². The molecule has 1 aliphatic heterocycles. The van der Waals surface area contributed by atoms with Crippen LogP contribution in [0.15, 0.2) is 53.5 Å². The fourth-order valence-electron chi connectivity index (χ4n) is 2.70. The minimum Gasteiger partial charge on any atom is -0.497 e. The molecule has 0 bridgehead atoms. The van der Waals surface area contributed by atoms with Crippen molar-refractivity contribution in [3.8, 4) is 11.5 Å². The lowest BCUT2D eigenvalue weighted by Crippen LogP contribution is -2.39. The van der Waals surface area contributed by atoms with Gasteiger partial charge in [0.1, 0.15) is 17.3 Å². The molecular weight excluding hydrogens is 318 g/mol. The summed E-state index contributed by atoms with van der Waals surface area (Å²) in [6.07, 6.45) is 1.73. The molecule has 1 heterocycles. The third-order valence-corrected chi connectivity index (χ3v) is 3.97. The number of amides is 2. The molecular formula is C19H21N3O3. The summed E-state index contributed by atoms with van der Waals surface area (Å²) in [5.74, 6) is 2.20. The molecule has 0 atom stereocenters. The maximum absolute atomic E-state index is 12.9. The van der Waals surface area contributed by atoms with E-state index in [1.54, 1.807) is 25.2 Å². The summed E-state index contributed by atoms with van der Waals surface area (Å²) >= 11 is 0. The van der Waals surface area contributed by atoms with Crippen LogP contribution in [0.2, 0.25) is 0 Å². The molecule has 0 spiro atoms. The van der Waals surface area contributed by atoms with Crippen LogP contribution in [0.4, 0.5) is 16.2 Å². The number of aliphatic imine (C=N–C) groups is 1. The molecule has 3 rings (SSSR count). The number of ether oxygens (including phenoxy) is 2. The van der Waals surface area contributed by atoms with Crippen LogP contribution < -0.4 is 19.7 Å². The van der Waals surface area contributed by atoms with Crippen LogP contribution in [0.3, 0.4) is 0 Å². The average Bonchev–Trinajstić information content (AvgIpc) is 3.17. The van der Waals surface area contributed by atoms with Crippen molar-refractivity contribution < 1.29 is 14.3 Å². The van der Waals surface area contributed by atoms with Crippen LogP contribution in [0, 0.1) is 0 Å². The van der Waals surface area contributed by atoms with Gasteiger partial charge in [-0.2, -0.15) is 0 Å². The number of anilines is 2. The Morgan fingerprint density at radius 3 is 2.48 bits per heavy atom. The molecule has 2 aromatic carbocycles. The molecule has 2 amide bonds. The molecule has 0 aliphatic carbocycles. The Bertz CT molecular complexity index is 772. The number of hydrogen-bond acceptors (Lipinski definition) is 4. The normalized spacial score (nSPS) is 13.1. The molecule has 0 unspecified atom stereocenters. The Kier molecular flexibility index (Phi) is 5.18. The Hall–Kier alpha value is -3.02. The van der Waals surface area contributed by atoms with E-state index in [-0.39, 0.29) is 6.03 Å². The van der Waals surface area contributed by atoms with Gasteiger partial charge < -0.3 is 14.8 Å². The maximum atomic E-state index is 12.9. The summed E-state index contributed by atoms with van der Waals surface area (Å²) in [5.41, 5.74) is 1.42. The second kappa shape index (κ2) is 7.70. The van der Waals surface area contributed by atoms with E-state index in [9.17, 15) is 4.79 Å². The zero-order valence-electron chi connectivity index (χ0n) is 14.4. The number of methoxy groups -OCH3 is 2. The minimum absolute atomic E-state index is 0.251. The number of nitrogens with one attached hydrogen (secondary N) is 1. The molecule has 0 radical (unpaired) electrons. The quantitative estimate of drug-likeness (QED) is 0.918. The fraction of sp³-hybridized carbons (Fsp3) is 0.263. The second-order valence-corrected chi connectivity index (χ2v) is 5.60. The number of carbonyl (C=O) groups is 1. The smallest absolute Gasteiger partial charge is 0.331 e. The number of hydrogen-bond donors (Lipinski definition) is 1. The van der Waals surface area contributed by atoms with E-state index in [1.807, 2.05) is 42.5 Å². The van der Waals surface area contributed by atoms with E-state index in [2.05, 4.69) is 10.3 Å². The van der Waals surface area contributed by atoms with Gasteiger partial charge >= 0.3 is 6.03 Å². The number of nitrogens with zero attached hydrogens (tertiary/aromatic N) is 2. The van der Waals surface area contributed by atoms with Crippen molar-refractivity contribution in [1.29, 1.82) is 0 Å². The van der Waals surface area contributed by atoms with Crippen LogP contribution in [-0.2, 0) is 0 Å². The third kappa shape index (κ3) is 3.91. The Labute approximate surface area is 147 Å². The highest BCUT2D eigenvalue weighted by atomic mass is 16.5. The highest BCUT2D eigenvalue weighted by Crippen LogP contribution is 2.24. The zero-order valence-corrected chi connectivity index (χ0v) is 14.4. The van der Waals surface area contributed by atoms with E-state index in [4.69, 9.17) is 9.47 Å². The van der Waals surface area contributed by atoms with E-state index >= 15 is 0 Å². The lowest BCUT2D eigenvalue weighted by Gasteiger charge is -2.23. The van der Waals surface area contributed by atoms with Crippen molar-refractivity contribution in [2.75, 3.05) is 31.0 Å². The molecule has 2 aromatic rings. The monoisotopic (exact) mass is 339 g/mol. The summed E-state index contributed by atoms with van der Waals surface area (Å²) in [4.78, 5) is 19.0. The van der Waals surface area contributed by atoms with Crippen LogP contribution in [0.1, 0.15) is 12.8 Å². The molecule has 25 heavy (non-hydrogen) atoms. The van der Waals surface area contributed by atoms with Crippen LogP contribution in [0.5, 0.6) is 11.5 Å². The minimum atomic E-state index is -0.251. The van der Waals surface area contributed by atoms with Gasteiger partial charge in [0.05, 0.1) is 19.9 Å². The maximum Gasteiger partial charge on any atom is 0.331 e. The SMILES string of the molecule is COc1ccc(N(C(=O)Nc2cccc(OC)c2)C2=NCCC2)cc1. The zero-order chi connectivity index (χ0) is 17.6. The number of amidine groups is 1. The summed E-state index contributed by atoms with van der Waals surface area (Å²) < 4.78 is 10.4. The molecule has 0 saturated heterocycles. The topological polar surface area (TPSA) is 63.2 Å². The van der Waals surface area contributed by atoms with Gasteiger partial charge in [-0.15, -0.1) is 0 Å². The van der Waals surface area contributed by atoms with Crippen molar-refractivity contribution in [3.63, 3.8) is 0 Å². The molecule has 0 saturated carbocycles. The molecule has 6 nitrogen and oxygen atoms in total. The van der Waals surface area contributed by atoms with Crippen LogP contribution in [-0.4, -0.2) is 32.6 Å². The number of carbonyl (C=O) groups excluding carboxylic acids is 1. The Morgan fingerprint density at radius 2 is 1.84 bits per heavy atom. The molecule has 130 valence electrons. The van der Waals surface area contributed by atoms with Crippen molar-refractivity contribution >= 4 is 23.2 Å². The number of benzene rings is 2. The first kappa shape index (κ1) is 16.8. The summed E-state index contributed by atoms with van der Waals surface area (Å²) in [5, 5.41) is 2.92. The highest BCUT2D eigenvalue weighted by Gasteiger charge is 2.24. The lowest BCUT2D eigenvalue weighted by atomic mass is 10.2. The largest absolute Gasteiger partial charge is 0.497 e. The molecule has 1 N–H and O–H groups in total. The summed E-state index contributed by atoms with van der Waals surface area (Å²) in [6, 6.07) is 14.4. The second-order valence-electron chi connectivity index (χ2n) is 5.60. The van der Waals surface area contributed by atoms with Crippen molar-refractivity contribution in [2.45, 2.75) is 12.8 Å². The first-order chi connectivity index (χ1) is 12.2. The van der Waals surface area contributed by atoms with Crippen LogP contribution >= 0.6 is 0 Å². The van der Waals surface area contributed by atoms with Gasteiger partial charge in [0.2, 0.25) is 0 Å². The van der Waals surface area contributed by atoms with E-state index < -0.39 is 0 Å². The van der Waals surface area contributed by atoms with Gasteiger partial charge in [-0.1, -0.05) is 6.07 Å². The number of urea groups is 1. The van der Waals surface area contributed by atoms with Gasteiger partial charge in [0, 0.05) is 24.7 Å². The first-order valence-electron chi connectivity index (χ1n) is 8.14. The van der Waals surface area contributed by atoms with Crippen molar-refractivity contribution in [2.24, 2.45) is 4.99 Å². The fourth-order valence-corrected chi connectivity index (χ4v) is 2.70. The summed E-state index contributed by atoms with van der Waals surface area (Å²) in [6.45, 7) is 0.744. The van der Waals surface area contributed by atoms with Gasteiger partial charge in [-0.25, -0.2) is 4.79 Å². The predicted molar refractivity (Wildman–Crippen MR) is 99.0 cm³/mol. The third-order valence-electron chi connectivity index (χ3n) is 3.97. The van der Waals surface area contributed by atoms with Gasteiger partial charge in [0.25, 0.3) is 0 Å².